The van der Waals surface area contributed by atoms with E-state index in [1.165, 1.54) is 12.1 Å². The van der Waals surface area contributed by atoms with Crippen molar-refractivity contribution in [1.29, 1.82) is 0 Å². The molecule has 3 rings (SSSR count). The molecule has 88 valence electrons. The third-order valence-electron chi connectivity index (χ3n) is 2.95. The highest BCUT2D eigenvalue weighted by Crippen LogP contribution is 2.36. The zero-order chi connectivity index (χ0) is 12.5. The van der Waals surface area contributed by atoms with E-state index in [0.29, 0.717) is 5.56 Å². The maximum Gasteiger partial charge on any atom is 0.123 e. The van der Waals surface area contributed by atoms with Gasteiger partial charge in [-0.2, -0.15) is 0 Å². The molecule has 0 aliphatic rings. The average molecular weight is 237 g/mol. The first kappa shape index (κ1) is 10.6. The first-order valence-electron chi connectivity index (χ1n) is 5.61. The number of phenolic OH excluding ortho intramolecular Hbond substituents is 2. The van der Waals surface area contributed by atoms with Crippen molar-refractivity contribution in [2.75, 3.05) is 0 Å². The molecule has 0 aliphatic carbocycles. The summed E-state index contributed by atoms with van der Waals surface area (Å²) in [5, 5.41) is 21.5. The molecule has 0 atom stereocenters. The highest BCUT2D eigenvalue weighted by atomic mass is 16.3. The Morgan fingerprint density at radius 3 is 2.67 bits per heavy atom. The van der Waals surface area contributed by atoms with Gasteiger partial charge in [-0.1, -0.05) is 18.2 Å². The Balaban J connectivity index is 2.35. The number of aromatic hydroxyl groups is 2. The van der Waals surface area contributed by atoms with Crippen LogP contribution in [0.3, 0.4) is 0 Å². The molecule has 18 heavy (non-hydrogen) atoms. The Morgan fingerprint density at radius 1 is 0.889 bits per heavy atom. The summed E-state index contributed by atoms with van der Waals surface area (Å²) in [7, 11) is 0. The van der Waals surface area contributed by atoms with Crippen LogP contribution < -0.4 is 0 Å². The number of rotatable bonds is 1. The van der Waals surface area contributed by atoms with Gasteiger partial charge in [0.1, 0.15) is 11.5 Å². The minimum Gasteiger partial charge on any atom is -0.508 e. The number of phenols is 2. The molecule has 1 heterocycles. The maximum absolute atomic E-state index is 9.92. The molecule has 2 N–H and O–H groups in total. The van der Waals surface area contributed by atoms with Gasteiger partial charge < -0.3 is 10.2 Å². The van der Waals surface area contributed by atoms with Crippen molar-refractivity contribution in [3.8, 4) is 22.6 Å². The molecule has 3 heteroatoms. The Morgan fingerprint density at radius 2 is 1.78 bits per heavy atom. The number of pyridine rings is 1. The van der Waals surface area contributed by atoms with Gasteiger partial charge in [0.25, 0.3) is 0 Å². The van der Waals surface area contributed by atoms with Gasteiger partial charge in [0.15, 0.2) is 0 Å². The van der Waals surface area contributed by atoms with Crippen molar-refractivity contribution < 1.29 is 10.2 Å². The predicted molar refractivity (Wildman–Crippen MR) is 70.5 cm³/mol. The topological polar surface area (TPSA) is 53.4 Å². The normalized spacial score (nSPS) is 10.7. The van der Waals surface area contributed by atoms with E-state index in [1.807, 2.05) is 24.3 Å². The number of aromatic nitrogens is 1. The number of fused-ring (bicyclic) bond motifs is 1. The highest BCUT2D eigenvalue weighted by Gasteiger charge is 2.08. The smallest absolute Gasteiger partial charge is 0.123 e. The van der Waals surface area contributed by atoms with Crippen molar-refractivity contribution >= 4 is 10.8 Å². The minimum absolute atomic E-state index is 0.128. The van der Waals surface area contributed by atoms with Crippen LogP contribution in [0.15, 0.2) is 54.9 Å². The van der Waals surface area contributed by atoms with Gasteiger partial charge in [0, 0.05) is 23.3 Å². The molecule has 0 aliphatic heterocycles. The van der Waals surface area contributed by atoms with Crippen LogP contribution in [-0.2, 0) is 0 Å². The van der Waals surface area contributed by atoms with Crippen LogP contribution in [0, 0.1) is 0 Å². The largest absolute Gasteiger partial charge is 0.508 e. The molecule has 0 saturated heterocycles. The summed E-state index contributed by atoms with van der Waals surface area (Å²) in [5.74, 6) is 0.271. The molecule has 0 spiro atoms. The number of hydrogen-bond acceptors (Lipinski definition) is 3. The third-order valence-corrected chi connectivity index (χ3v) is 2.95. The Kier molecular flexibility index (Phi) is 2.38. The summed E-state index contributed by atoms with van der Waals surface area (Å²) < 4.78 is 0. The first-order chi connectivity index (χ1) is 8.75. The molecule has 3 aromatic rings. The number of nitrogens with zero attached hydrogens (tertiary/aromatic N) is 1. The van der Waals surface area contributed by atoms with E-state index < -0.39 is 0 Å². The molecular formula is C15H11NO2. The van der Waals surface area contributed by atoms with Crippen LogP contribution in [0.1, 0.15) is 0 Å². The van der Waals surface area contributed by atoms with Gasteiger partial charge >= 0.3 is 0 Å². The van der Waals surface area contributed by atoms with Crippen molar-refractivity contribution in [3.63, 3.8) is 0 Å². The van der Waals surface area contributed by atoms with E-state index >= 15 is 0 Å². The van der Waals surface area contributed by atoms with Gasteiger partial charge in [-0.25, -0.2) is 0 Å². The molecule has 0 bridgehead atoms. The fourth-order valence-corrected chi connectivity index (χ4v) is 2.09. The lowest BCUT2D eigenvalue weighted by molar-refractivity contribution is 0.462. The summed E-state index contributed by atoms with van der Waals surface area (Å²) in [6.07, 6.45) is 3.49. The van der Waals surface area contributed by atoms with Gasteiger partial charge in [-0.15, -0.1) is 0 Å². The van der Waals surface area contributed by atoms with E-state index in [9.17, 15) is 10.2 Å². The summed E-state index contributed by atoms with van der Waals surface area (Å²) in [6.45, 7) is 0. The molecule has 0 saturated carbocycles. The van der Waals surface area contributed by atoms with Crippen LogP contribution in [0.5, 0.6) is 11.5 Å². The lowest BCUT2D eigenvalue weighted by Crippen LogP contribution is -1.83. The van der Waals surface area contributed by atoms with Gasteiger partial charge in [-0.05, 0) is 35.2 Å². The fourth-order valence-electron chi connectivity index (χ4n) is 2.09. The Bertz CT molecular complexity index is 717. The van der Waals surface area contributed by atoms with Crippen LogP contribution in [0.25, 0.3) is 21.9 Å². The second-order valence-electron chi connectivity index (χ2n) is 4.10. The average Bonchev–Trinajstić information content (AvgIpc) is 2.41. The van der Waals surface area contributed by atoms with Crippen LogP contribution in [-0.4, -0.2) is 15.2 Å². The lowest BCUT2D eigenvalue weighted by atomic mass is 9.99. The minimum atomic E-state index is 0.128. The molecule has 0 fully saturated rings. The van der Waals surface area contributed by atoms with Crippen LogP contribution in [0.4, 0.5) is 0 Å². The van der Waals surface area contributed by atoms with Gasteiger partial charge in [0.2, 0.25) is 0 Å². The van der Waals surface area contributed by atoms with Crippen LogP contribution >= 0.6 is 0 Å². The second kappa shape index (κ2) is 4.04. The second-order valence-corrected chi connectivity index (χ2v) is 4.10. The van der Waals surface area contributed by atoms with Crippen LogP contribution in [0.2, 0.25) is 0 Å². The lowest BCUT2D eigenvalue weighted by Gasteiger charge is -2.08. The van der Waals surface area contributed by atoms with E-state index in [4.69, 9.17) is 0 Å². The molecule has 2 aromatic carbocycles. The SMILES string of the molecule is Oc1ccc(O)c(-c2cccc3ccncc23)c1. The third kappa shape index (κ3) is 1.66. The monoisotopic (exact) mass is 237 g/mol. The van der Waals surface area contributed by atoms with Crippen molar-refractivity contribution in [1.82, 2.24) is 4.98 Å². The van der Waals surface area contributed by atoms with E-state index in [1.54, 1.807) is 18.5 Å². The summed E-state index contributed by atoms with van der Waals surface area (Å²) in [4.78, 5) is 4.11. The van der Waals surface area contributed by atoms with E-state index in [2.05, 4.69) is 4.98 Å². The van der Waals surface area contributed by atoms with E-state index in [-0.39, 0.29) is 11.5 Å². The Hall–Kier alpha value is -2.55. The quantitative estimate of drug-likeness (QED) is 0.638. The molecule has 0 radical (unpaired) electrons. The standard InChI is InChI=1S/C15H11NO2/c17-11-4-5-15(18)13(8-11)12-3-1-2-10-6-7-16-9-14(10)12/h1-9,17-18H. The Labute approximate surface area is 104 Å². The zero-order valence-corrected chi connectivity index (χ0v) is 9.54. The zero-order valence-electron chi connectivity index (χ0n) is 9.54. The highest BCUT2D eigenvalue weighted by molar-refractivity contribution is 5.97. The molecule has 1 aromatic heterocycles. The number of hydrogen-bond donors (Lipinski definition) is 2. The molecule has 0 unspecified atom stereocenters. The van der Waals surface area contributed by atoms with E-state index in [0.717, 1.165) is 16.3 Å². The van der Waals surface area contributed by atoms with Crippen molar-refractivity contribution in [2.45, 2.75) is 0 Å². The molecule has 3 nitrogen and oxygen atoms in total. The van der Waals surface area contributed by atoms with Crippen molar-refractivity contribution in [2.24, 2.45) is 0 Å². The molecular weight excluding hydrogens is 226 g/mol. The summed E-state index contributed by atoms with van der Waals surface area (Å²) in [6, 6.07) is 12.2. The van der Waals surface area contributed by atoms with Gasteiger partial charge in [-0.3, -0.25) is 4.98 Å². The first-order valence-corrected chi connectivity index (χ1v) is 5.61. The summed E-state index contributed by atoms with van der Waals surface area (Å²) >= 11 is 0. The number of benzene rings is 2. The predicted octanol–water partition coefficient (Wildman–Crippen LogP) is 3.31. The maximum atomic E-state index is 9.92. The molecule has 0 amide bonds. The van der Waals surface area contributed by atoms with Gasteiger partial charge in [0.05, 0.1) is 0 Å². The van der Waals surface area contributed by atoms with Crippen molar-refractivity contribution in [3.05, 3.63) is 54.9 Å². The summed E-state index contributed by atoms with van der Waals surface area (Å²) in [5.41, 5.74) is 1.46. The fraction of sp³-hybridized carbons (Fsp3) is 0.